The third-order valence-electron chi connectivity index (χ3n) is 4.82. The topological polar surface area (TPSA) is 87.0 Å². The van der Waals surface area contributed by atoms with E-state index in [1.54, 1.807) is 43.3 Å². The Morgan fingerprint density at radius 3 is 2.48 bits per heavy atom. The monoisotopic (exact) mass is 418 g/mol. The summed E-state index contributed by atoms with van der Waals surface area (Å²) in [5.74, 6) is -0.188. The van der Waals surface area contributed by atoms with Crippen molar-refractivity contribution in [1.82, 2.24) is 4.98 Å². The van der Waals surface area contributed by atoms with Gasteiger partial charge in [0.2, 0.25) is 5.88 Å². The van der Waals surface area contributed by atoms with E-state index in [0.29, 0.717) is 39.8 Å². The predicted octanol–water partition coefficient (Wildman–Crippen LogP) is 5.53. The second-order valence-corrected chi connectivity index (χ2v) is 7.32. The third kappa shape index (κ3) is 4.98. The number of hydrogen-bond acceptors (Lipinski definition) is 5. The minimum absolute atomic E-state index is 0.0580. The van der Waals surface area contributed by atoms with Gasteiger partial charge in [-0.2, -0.15) is 5.26 Å². The second kappa shape index (κ2) is 9.26. The van der Waals surface area contributed by atoms with Gasteiger partial charge in [0.05, 0.1) is 41.4 Å². The van der Waals surface area contributed by atoms with Gasteiger partial charge in [0.25, 0.3) is 5.91 Å². The highest BCUT2D eigenvalue weighted by atomic mass is 19.1. The number of nitrogens with zero attached hydrogens (tertiary/aromatic N) is 2. The quantitative estimate of drug-likeness (QED) is 0.550. The molecular formula is C24H23FN4O2. The van der Waals surface area contributed by atoms with Crippen LogP contribution in [0.3, 0.4) is 0 Å². The molecule has 0 aliphatic rings. The highest BCUT2D eigenvalue weighted by molar-refractivity contribution is 6.08. The SMILES string of the molecule is COc1ccc(NC(=O)c2ccc(C#N)cc2Nc2ccc(F)cc2C(C)C)c(C)n1. The van der Waals surface area contributed by atoms with Crippen molar-refractivity contribution in [2.45, 2.75) is 26.7 Å². The van der Waals surface area contributed by atoms with Crippen LogP contribution in [-0.4, -0.2) is 18.0 Å². The molecule has 158 valence electrons. The van der Waals surface area contributed by atoms with Gasteiger partial charge in [-0.25, -0.2) is 9.37 Å². The van der Waals surface area contributed by atoms with Crippen LogP contribution in [0.4, 0.5) is 21.5 Å². The molecule has 0 unspecified atom stereocenters. The van der Waals surface area contributed by atoms with Crippen LogP contribution >= 0.6 is 0 Å². The summed E-state index contributed by atoms with van der Waals surface area (Å²) in [6.45, 7) is 5.68. The Hall–Kier alpha value is -3.92. The number of aryl methyl sites for hydroxylation is 1. The minimum atomic E-state index is -0.365. The van der Waals surface area contributed by atoms with Gasteiger partial charge < -0.3 is 15.4 Å². The van der Waals surface area contributed by atoms with Crippen LogP contribution in [0.1, 0.15) is 46.9 Å². The maximum absolute atomic E-state index is 13.8. The summed E-state index contributed by atoms with van der Waals surface area (Å²) in [4.78, 5) is 17.3. The molecule has 0 radical (unpaired) electrons. The molecule has 31 heavy (non-hydrogen) atoms. The number of carbonyl (C=O) groups is 1. The van der Waals surface area contributed by atoms with Crippen molar-refractivity contribution in [2.75, 3.05) is 17.7 Å². The number of benzene rings is 2. The summed E-state index contributed by atoms with van der Waals surface area (Å²) >= 11 is 0. The van der Waals surface area contributed by atoms with Crippen LogP contribution < -0.4 is 15.4 Å². The van der Waals surface area contributed by atoms with E-state index >= 15 is 0 Å². The Bertz CT molecular complexity index is 1170. The number of pyridine rings is 1. The lowest BCUT2D eigenvalue weighted by Crippen LogP contribution is -2.15. The van der Waals surface area contributed by atoms with E-state index < -0.39 is 0 Å². The molecule has 1 aromatic heterocycles. The van der Waals surface area contributed by atoms with Crippen molar-refractivity contribution < 1.29 is 13.9 Å². The van der Waals surface area contributed by atoms with Gasteiger partial charge in [-0.3, -0.25) is 4.79 Å². The molecule has 0 aliphatic heterocycles. The number of carbonyl (C=O) groups excluding carboxylic acids is 1. The number of nitriles is 1. The molecule has 2 aromatic carbocycles. The van der Waals surface area contributed by atoms with Crippen LogP contribution in [0.15, 0.2) is 48.5 Å². The van der Waals surface area contributed by atoms with Crippen molar-refractivity contribution in [3.8, 4) is 11.9 Å². The fourth-order valence-corrected chi connectivity index (χ4v) is 3.16. The number of methoxy groups -OCH3 is 1. The van der Waals surface area contributed by atoms with Gasteiger partial charge in [0, 0.05) is 11.8 Å². The lowest BCUT2D eigenvalue weighted by molar-refractivity contribution is 0.102. The number of anilines is 3. The number of aromatic nitrogens is 1. The van der Waals surface area contributed by atoms with Crippen molar-refractivity contribution in [1.29, 1.82) is 5.26 Å². The Labute approximate surface area is 180 Å². The normalized spacial score (nSPS) is 10.5. The molecular weight excluding hydrogens is 395 g/mol. The number of rotatable bonds is 6. The molecule has 0 saturated heterocycles. The van der Waals surface area contributed by atoms with Crippen molar-refractivity contribution in [3.05, 3.63) is 76.7 Å². The molecule has 1 amide bonds. The second-order valence-electron chi connectivity index (χ2n) is 7.32. The fourth-order valence-electron chi connectivity index (χ4n) is 3.16. The summed E-state index contributed by atoms with van der Waals surface area (Å²) in [5.41, 5.74) is 3.78. The maximum atomic E-state index is 13.8. The van der Waals surface area contributed by atoms with Crippen LogP contribution in [0.25, 0.3) is 0 Å². The zero-order chi connectivity index (χ0) is 22.5. The molecule has 0 bridgehead atoms. The van der Waals surface area contributed by atoms with E-state index in [0.717, 1.165) is 5.56 Å². The number of nitrogens with one attached hydrogen (secondary N) is 2. The molecule has 3 rings (SSSR count). The molecule has 1 heterocycles. The minimum Gasteiger partial charge on any atom is -0.481 e. The van der Waals surface area contributed by atoms with E-state index in [4.69, 9.17) is 4.74 Å². The molecule has 0 atom stereocenters. The summed E-state index contributed by atoms with van der Waals surface area (Å²) in [6, 6.07) is 14.7. The molecule has 0 fully saturated rings. The van der Waals surface area contributed by atoms with Gasteiger partial charge >= 0.3 is 0 Å². The molecule has 0 aliphatic carbocycles. The summed E-state index contributed by atoms with van der Waals surface area (Å²) in [5, 5.41) is 15.4. The summed E-state index contributed by atoms with van der Waals surface area (Å²) in [7, 11) is 1.52. The van der Waals surface area contributed by atoms with Crippen molar-refractivity contribution in [3.63, 3.8) is 0 Å². The van der Waals surface area contributed by atoms with Crippen LogP contribution in [-0.2, 0) is 0 Å². The first-order valence-electron chi connectivity index (χ1n) is 9.76. The number of hydrogen-bond donors (Lipinski definition) is 2. The van der Waals surface area contributed by atoms with Crippen LogP contribution in [0, 0.1) is 24.1 Å². The number of ether oxygens (including phenoxy) is 1. The van der Waals surface area contributed by atoms with E-state index in [1.807, 2.05) is 13.8 Å². The van der Waals surface area contributed by atoms with E-state index in [-0.39, 0.29) is 17.6 Å². The lowest BCUT2D eigenvalue weighted by Gasteiger charge is -2.18. The van der Waals surface area contributed by atoms with E-state index in [2.05, 4.69) is 21.7 Å². The van der Waals surface area contributed by atoms with Gasteiger partial charge in [0.15, 0.2) is 0 Å². The highest BCUT2D eigenvalue weighted by Crippen LogP contribution is 2.30. The Balaban J connectivity index is 1.97. The van der Waals surface area contributed by atoms with Gasteiger partial charge in [-0.1, -0.05) is 13.8 Å². The average molecular weight is 418 g/mol. The van der Waals surface area contributed by atoms with Crippen LogP contribution in [0.5, 0.6) is 5.88 Å². The van der Waals surface area contributed by atoms with Crippen molar-refractivity contribution in [2.24, 2.45) is 0 Å². The van der Waals surface area contributed by atoms with E-state index in [9.17, 15) is 14.4 Å². The van der Waals surface area contributed by atoms with Gasteiger partial charge in [0.1, 0.15) is 5.82 Å². The van der Waals surface area contributed by atoms with Crippen molar-refractivity contribution >= 4 is 23.0 Å². The maximum Gasteiger partial charge on any atom is 0.257 e. The molecule has 0 spiro atoms. The number of halogens is 1. The summed E-state index contributed by atoms with van der Waals surface area (Å²) in [6.07, 6.45) is 0. The van der Waals surface area contributed by atoms with E-state index in [1.165, 1.54) is 19.2 Å². The molecule has 0 saturated carbocycles. The zero-order valence-corrected chi connectivity index (χ0v) is 17.8. The summed E-state index contributed by atoms with van der Waals surface area (Å²) < 4.78 is 18.9. The first kappa shape index (κ1) is 21.8. The largest absolute Gasteiger partial charge is 0.481 e. The van der Waals surface area contributed by atoms with Gasteiger partial charge in [-0.05, 0) is 60.9 Å². The lowest BCUT2D eigenvalue weighted by atomic mass is 10.00. The first-order valence-corrected chi connectivity index (χ1v) is 9.76. The molecule has 7 heteroatoms. The Morgan fingerprint density at radius 2 is 1.84 bits per heavy atom. The van der Waals surface area contributed by atoms with Gasteiger partial charge in [-0.15, -0.1) is 0 Å². The fraction of sp³-hybridized carbons (Fsp3) is 0.208. The average Bonchev–Trinajstić information content (AvgIpc) is 2.76. The van der Waals surface area contributed by atoms with Crippen LogP contribution in [0.2, 0.25) is 0 Å². The standard InChI is InChI=1S/C24H23FN4O2/c1-14(2)19-12-17(25)6-8-21(19)28-22-11-16(13-26)5-7-18(22)24(30)29-20-9-10-23(31-4)27-15(20)3/h5-12,14,28H,1-4H3,(H,29,30). The number of amides is 1. The highest BCUT2D eigenvalue weighted by Gasteiger charge is 2.16. The molecule has 3 aromatic rings. The first-order chi connectivity index (χ1) is 14.8. The third-order valence-corrected chi connectivity index (χ3v) is 4.82. The Kier molecular flexibility index (Phi) is 6.51. The molecule has 6 nitrogen and oxygen atoms in total. The molecule has 2 N–H and O–H groups in total. The smallest absolute Gasteiger partial charge is 0.257 e. The Morgan fingerprint density at radius 1 is 1.10 bits per heavy atom. The predicted molar refractivity (Wildman–Crippen MR) is 118 cm³/mol. The zero-order valence-electron chi connectivity index (χ0n) is 17.8.